The summed E-state index contributed by atoms with van der Waals surface area (Å²) in [7, 11) is 2.71. The van der Waals surface area contributed by atoms with E-state index in [2.05, 4.69) is 30.6 Å². The molecule has 0 saturated heterocycles. The average Bonchev–Trinajstić information content (AvgIpc) is 3.04. The normalized spacial score (nSPS) is 12.4. The van der Waals surface area contributed by atoms with Gasteiger partial charge in [-0.15, -0.1) is 0 Å². The van der Waals surface area contributed by atoms with Crippen LogP contribution in [0.1, 0.15) is 51.1 Å². The first-order chi connectivity index (χ1) is 23.1. The molecule has 0 aromatic heterocycles. The Morgan fingerprint density at radius 1 is 0.792 bits per heavy atom. The number of oxime groups is 2. The third kappa shape index (κ3) is 13.2. The first-order valence-electron chi connectivity index (χ1n) is 14.8. The lowest BCUT2D eigenvalue weighted by Gasteiger charge is -2.22. The van der Waals surface area contributed by atoms with E-state index in [1.54, 1.807) is 38.1 Å². The van der Waals surface area contributed by atoms with Gasteiger partial charge in [0.2, 0.25) is 11.8 Å². The quantitative estimate of drug-likeness (QED) is 0.0599. The van der Waals surface area contributed by atoms with Crippen LogP contribution >= 0.6 is 0 Å². The van der Waals surface area contributed by atoms with E-state index in [0.717, 1.165) is 0 Å². The highest BCUT2D eigenvalue weighted by atomic mass is 16.6. The Morgan fingerprint density at radius 2 is 1.31 bits per heavy atom. The topological polar surface area (TPSA) is 194 Å². The van der Waals surface area contributed by atoms with E-state index in [1.165, 1.54) is 69.3 Å². The molecule has 48 heavy (non-hydrogen) atoms. The SMILES string of the molecule is CO/N=C/C=C/C(=O)N/C=C(/CCOC(=O)c1c(C)cccc1O)C(CCCOC(=O)c1c(C)cccc1O)NC(=O)/C=C/C=N/OC. The first-order valence-corrected chi connectivity index (χ1v) is 14.8. The molecule has 256 valence electrons. The van der Waals surface area contributed by atoms with Gasteiger partial charge in [0.1, 0.15) is 36.8 Å². The van der Waals surface area contributed by atoms with E-state index in [-0.39, 0.29) is 55.1 Å². The molecule has 1 atom stereocenters. The van der Waals surface area contributed by atoms with Crippen molar-refractivity contribution in [3.05, 3.63) is 94.7 Å². The molecule has 0 heterocycles. The van der Waals surface area contributed by atoms with Crippen molar-refractivity contribution < 1.29 is 48.5 Å². The summed E-state index contributed by atoms with van der Waals surface area (Å²) in [6.07, 6.45) is 9.60. The summed E-state index contributed by atoms with van der Waals surface area (Å²) >= 11 is 0. The van der Waals surface area contributed by atoms with Crippen LogP contribution in [-0.4, -0.2) is 79.9 Å². The summed E-state index contributed by atoms with van der Waals surface area (Å²) in [5.41, 5.74) is 1.60. The summed E-state index contributed by atoms with van der Waals surface area (Å²) < 4.78 is 10.8. The number of phenols is 2. The maximum atomic E-state index is 12.8. The molecule has 0 aliphatic heterocycles. The molecule has 0 aliphatic rings. The number of allylic oxidation sites excluding steroid dienone is 2. The number of esters is 2. The van der Waals surface area contributed by atoms with Crippen LogP contribution in [0.2, 0.25) is 0 Å². The Hall–Kier alpha value is -5.92. The second-order valence-electron chi connectivity index (χ2n) is 9.98. The van der Waals surface area contributed by atoms with Crippen LogP contribution in [0.15, 0.2) is 82.8 Å². The Kier molecular flexibility index (Phi) is 16.7. The van der Waals surface area contributed by atoms with Gasteiger partial charge in [-0.2, -0.15) is 0 Å². The number of ether oxygens (including phenoxy) is 2. The van der Waals surface area contributed by atoms with E-state index >= 15 is 0 Å². The van der Waals surface area contributed by atoms with Crippen LogP contribution in [0.5, 0.6) is 11.5 Å². The van der Waals surface area contributed by atoms with Crippen molar-refractivity contribution >= 4 is 36.2 Å². The van der Waals surface area contributed by atoms with Gasteiger partial charge in [0, 0.05) is 24.8 Å². The predicted octanol–water partition coefficient (Wildman–Crippen LogP) is 3.76. The molecule has 2 amide bonds. The molecule has 0 spiro atoms. The van der Waals surface area contributed by atoms with E-state index in [1.807, 2.05) is 0 Å². The van der Waals surface area contributed by atoms with Crippen molar-refractivity contribution in [3.8, 4) is 11.5 Å². The van der Waals surface area contributed by atoms with Gasteiger partial charge in [-0.05, 0) is 67.7 Å². The molecule has 4 N–H and O–H groups in total. The number of phenolic OH excluding ortho intramolecular Hbond substituents is 2. The molecular formula is C34H40N4O10. The van der Waals surface area contributed by atoms with Crippen molar-refractivity contribution in [2.24, 2.45) is 10.3 Å². The zero-order chi connectivity index (χ0) is 35.3. The summed E-state index contributed by atoms with van der Waals surface area (Å²) in [4.78, 5) is 59.9. The molecule has 0 radical (unpaired) electrons. The van der Waals surface area contributed by atoms with Gasteiger partial charge in [-0.3, -0.25) is 9.59 Å². The number of nitrogens with one attached hydrogen (secondary N) is 2. The molecule has 2 rings (SSSR count). The molecule has 2 aromatic rings. The smallest absolute Gasteiger partial charge is 0.342 e. The largest absolute Gasteiger partial charge is 0.507 e. The predicted molar refractivity (Wildman–Crippen MR) is 178 cm³/mol. The zero-order valence-electron chi connectivity index (χ0n) is 27.2. The number of nitrogens with zero attached hydrogens (tertiary/aromatic N) is 2. The van der Waals surface area contributed by atoms with Crippen LogP contribution < -0.4 is 10.6 Å². The van der Waals surface area contributed by atoms with Crippen molar-refractivity contribution in [2.75, 3.05) is 27.4 Å². The Labute approximate surface area is 278 Å². The Bertz CT molecular complexity index is 1520. The van der Waals surface area contributed by atoms with E-state index < -0.39 is 29.8 Å². The maximum absolute atomic E-state index is 12.8. The average molecular weight is 665 g/mol. The lowest BCUT2D eigenvalue weighted by molar-refractivity contribution is -0.117. The number of amides is 2. The van der Waals surface area contributed by atoms with Crippen LogP contribution in [0.25, 0.3) is 0 Å². The number of hydrogen-bond donors (Lipinski definition) is 4. The molecule has 2 aromatic carbocycles. The van der Waals surface area contributed by atoms with Gasteiger partial charge in [-0.25, -0.2) is 9.59 Å². The van der Waals surface area contributed by atoms with E-state index in [4.69, 9.17) is 9.47 Å². The summed E-state index contributed by atoms with van der Waals surface area (Å²) in [6, 6.07) is 8.57. The highest BCUT2D eigenvalue weighted by molar-refractivity contribution is 5.95. The van der Waals surface area contributed by atoms with E-state index in [0.29, 0.717) is 16.7 Å². The van der Waals surface area contributed by atoms with Gasteiger partial charge in [0.15, 0.2) is 0 Å². The molecule has 0 saturated carbocycles. The fraction of sp³-hybridized carbons (Fsp3) is 0.294. The fourth-order valence-corrected chi connectivity index (χ4v) is 4.28. The van der Waals surface area contributed by atoms with E-state index in [9.17, 15) is 29.4 Å². The number of carbonyl (C=O) groups is 4. The van der Waals surface area contributed by atoms with Crippen LogP contribution in [0, 0.1) is 13.8 Å². The van der Waals surface area contributed by atoms with Crippen molar-refractivity contribution in [1.82, 2.24) is 10.6 Å². The Balaban J connectivity index is 2.28. The van der Waals surface area contributed by atoms with Gasteiger partial charge < -0.3 is 40.0 Å². The van der Waals surface area contributed by atoms with Crippen LogP contribution in [0.3, 0.4) is 0 Å². The molecule has 0 aliphatic carbocycles. The molecule has 0 fully saturated rings. The molecular weight excluding hydrogens is 624 g/mol. The number of carbonyl (C=O) groups excluding carboxylic acids is 4. The first kappa shape index (κ1) is 38.3. The number of benzene rings is 2. The number of hydrogen-bond acceptors (Lipinski definition) is 12. The highest BCUT2D eigenvalue weighted by Crippen LogP contribution is 2.23. The van der Waals surface area contributed by atoms with Crippen LogP contribution in [0.4, 0.5) is 0 Å². The monoisotopic (exact) mass is 664 g/mol. The summed E-state index contributed by atoms with van der Waals surface area (Å²) in [6.45, 7) is 3.10. The molecule has 14 nitrogen and oxygen atoms in total. The molecule has 14 heteroatoms. The van der Waals surface area contributed by atoms with Crippen molar-refractivity contribution in [1.29, 1.82) is 0 Å². The Morgan fingerprint density at radius 3 is 1.83 bits per heavy atom. The summed E-state index contributed by atoms with van der Waals surface area (Å²) in [5.74, 6) is -2.92. The second kappa shape index (κ2) is 21.0. The molecule has 0 bridgehead atoms. The van der Waals surface area contributed by atoms with Crippen molar-refractivity contribution in [3.63, 3.8) is 0 Å². The van der Waals surface area contributed by atoms with Crippen molar-refractivity contribution in [2.45, 2.75) is 39.2 Å². The fourth-order valence-electron chi connectivity index (χ4n) is 4.28. The lowest BCUT2D eigenvalue weighted by atomic mass is 10.00. The number of rotatable bonds is 18. The minimum absolute atomic E-state index is 0.0217. The summed E-state index contributed by atoms with van der Waals surface area (Å²) in [5, 5.41) is 32.8. The highest BCUT2D eigenvalue weighted by Gasteiger charge is 2.21. The number of aryl methyl sites for hydroxylation is 2. The minimum atomic E-state index is -0.748. The second-order valence-corrected chi connectivity index (χ2v) is 9.98. The third-order valence-electron chi connectivity index (χ3n) is 6.57. The minimum Gasteiger partial charge on any atom is -0.507 e. The zero-order valence-corrected chi connectivity index (χ0v) is 27.2. The van der Waals surface area contributed by atoms with Crippen LogP contribution in [-0.2, 0) is 28.7 Å². The molecule has 1 unspecified atom stereocenters. The van der Waals surface area contributed by atoms with Gasteiger partial charge in [0.05, 0.1) is 31.7 Å². The van der Waals surface area contributed by atoms with Gasteiger partial charge in [0.25, 0.3) is 0 Å². The van der Waals surface area contributed by atoms with Gasteiger partial charge >= 0.3 is 11.9 Å². The lowest BCUT2D eigenvalue weighted by Crippen LogP contribution is -2.37. The third-order valence-corrected chi connectivity index (χ3v) is 6.57. The standard InChI is InChI=1S/C34H40N4O10/c1-23-10-5-13-27(39)31(23)33(43)47-20-9-12-26(38-30(42)16-8-19-37-46-4)25(22-35-29(41)15-7-18-36-45-3)17-21-48-34(44)32-24(2)11-6-14-28(32)40/h5-8,10-11,13-16,18-19,22,26,39-40H,9,12,17,20-21H2,1-4H3,(H,35,41)(H,38,42)/b15-7+,16-8+,25-22-,36-18+,37-19+. The van der Waals surface area contributed by atoms with Gasteiger partial charge in [-0.1, -0.05) is 34.6 Å². The maximum Gasteiger partial charge on any atom is 0.342 e. The number of aromatic hydroxyl groups is 2.